The van der Waals surface area contributed by atoms with Crippen LogP contribution in [0.1, 0.15) is 31.7 Å². The molecule has 0 aliphatic rings. The Hall–Kier alpha value is -3.06. The van der Waals surface area contributed by atoms with Crippen LogP contribution in [0.3, 0.4) is 0 Å². The van der Waals surface area contributed by atoms with Gasteiger partial charge in [-0.15, -0.1) is 0 Å². The summed E-state index contributed by atoms with van der Waals surface area (Å²) < 4.78 is 5.66. The second kappa shape index (κ2) is 9.94. The molecule has 0 atom stereocenters. The number of hydrogen-bond acceptors (Lipinski definition) is 3. The Morgan fingerprint density at radius 3 is 2.48 bits per heavy atom. The molecule has 25 heavy (non-hydrogen) atoms. The number of unbranched alkanes of at least 4 members (excludes halogenated alkanes) is 2. The molecule has 1 amide bonds. The van der Waals surface area contributed by atoms with Gasteiger partial charge in [-0.05, 0) is 42.3 Å². The first-order chi connectivity index (χ1) is 12.2. The van der Waals surface area contributed by atoms with E-state index in [1.54, 1.807) is 18.2 Å². The van der Waals surface area contributed by atoms with E-state index in [0.717, 1.165) is 30.6 Å². The van der Waals surface area contributed by atoms with Crippen LogP contribution < -0.4 is 10.1 Å². The van der Waals surface area contributed by atoms with Crippen molar-refractivity contribution in [2.45, 2.75) is 26.2 Å². The fourth-order valence-corrected chi connectivity index (χ4v) is 2.24. The number of carbonyl (C=O) groups excluding carboxylic acids is 1. The van der Waals surface area contributed by atoms with Crippen molar-refractivity contribution < 1.29 is 9.53 Å². The van der Waals surface area contributed by atoms with Crippen LogP contribution in [0.5, 0.6) is 5.75 Å². The largest absolute Gasteiger partial charge is 0.494 e. The highest BCUT2D eigenvalue weighted by atomic mass is 16.5. The highest BCUT2D eigenvalue weighted by Gasteiger charge is 2.09. The van der Waals surface area contributed by atoms with Gasteiger partial charge in [0.25, 0.3) is 5.91 Å². The number of benzene rings is 2. The third-order valence-corrected chi connectivity index (χ3v) is 3.60. The van der Waals surface area contributed by atoms with E-state index >= 15 is 0 Å². The molecule has 1 N–H and O–H groups in total. The molecule has 0 fully saturated rings. The zero-order valence-corrected chi connectivity index (χ0v) is 14.4. The van der Waals surface area contributed by atoms with E-state index in [1.807, 2.05) is 48.5 Å². The van der Waals surface area contributed by atoms with E-state index in [1.165, 1.54) is 0 Å². The van der Waals surface area contributed by atoms with Gasteiger partial charge in [0, 0.05) is 5.69 Å². The van der Waals surface area contributed by atoms with E-state index in [0.29, 0.717) is 12.3 Å². The number of hydrogen-bond donors (Lipinski definition) is 1. The minimum absolute atomic E-state index is 0.0560. The fourth-order valence-electron chi connectivity index (χ4n) is 2.24. The van der Waals surface area contributed by atoms with Gasteiger partial charge in [-0.3, -0.25) is 4.79 Å². The lowest BCUT2D eigenvalue weighted by Crippen LogP contribution is -2.13. The second-order valence-corrected chi connectivity index (χ2v) is 5.61. The molecular formula is C21H22N2O2. The third kappa shape index (κ3) is 6.15. The SMILES string of the molecule is CCCCCOc1ccc(/C=C(\C#N)C(=O)Nc2ccccc2)cc1. The molecule has 4 nitrogen and oxygen atoms in total. The number of ether oxygens (including phenoxy) is 1. The number of nitrogens with zero attached hydrogens (tertiary/aromatic N) is 1. The van der Waals surface area contributed by atoms with Crippen molar-refractivity contribution in [2.75, 3.05) is 11.9 Å². The van der Waals surface area contributed by atoms with Crippen molar-refractivity contribution >= 4 is 17.7 Å². The lowest BCUT2D eigenvalue weighted by atomic mass is 10.1. The first kappa shape index (κ1) is 18.3. The predicted octanol–water partition coefficient (Wildman–Crippen LogP) is 4.80. The van der Waals surface area contributed by atoms with Gasteiger partial charge >= 0.3 is 0 Å². The lowest BCUT2D eigenvalue weighted by molar-refractivity contribution is -0.112. The molecule has 128 valence electrons. The summed E-state index contributed by atoms with van der Waals surface area (Å²) in [6, 6.07) is 18.4. The minimum atomic E-state index is -0.423. The summed E-state index contributed by atoms with van der Waals surface area (Å²) in [7, 11) is 0. The highest BCUT2D eigenvalue weighted by Crippen LogP contribution is 2.16. The Morgan fingerprint density at radius 2 is 1.84 bits per heavy atom. The molecule has 0 aliphatic carbocycles. The maximum absolute atomic E-state index is 12.2. The number of carbonyl (C=O) groups is 1. The van der Waals surface area contributed by atoms with Crippen LogP contribution in [0.2, 0.25) is 0 Å². The molecule has 4 heteroatoms. The number of para-hydroxylation sites is 1. The van der Waals surface area contributed by atoms with E-state index < -0.39 is 5.91 Å². The van der Waals surface area contributed by atoms with Gasteiger partial charge in [0.05, 0.1) is 6.61 Å². The summed E-state index contributed by atoms with van der Waals surface area (Å²) in [4.78, 5) is 12.2. The van der Waals surface area contributed by atoms with Gasteiger partial charge in [0.15, 0.2) is 0 Å². The van der Waals surface area contributed by atoms with Gasteiger partial charge in [-0.2, -0.15) is 5.26 Å². The first-order valence-electron chi connectivity index (χ1n) is 8.44. The first-order valence-corrected chi connectivity index (χ1v) is 8.44. The maximum atomic E-state index is 12.2. The van der Waals surface area contributed by atoms with Crippen LogP contribution in [0, 0.1) is 11.3 Å². The number of nitrogens with one attached hydrogen (secondary N) is 1. The van der Waals surface area contributed by atoms with Crippen molar-refractivity contribution in [3.63, 3.8) is 0 Å². The molecule has 0 aromatic heterocycles. The Bertz CT molecular complexity index is 744. The Labute approximate surface area is 148 Å². The molecule has 0 radical (unpaired) electrons. The van der Waals surface area contributed by atoms with E-state index in [4.69, 9.17) is 4.74 Å². The smallest absolute Gasteiger partial charge is 0.266 e. The summed E-state index contributed by atoms with van der Waals surface area (Å²) >= 11 is 0. The summed E-state index contributed by atoms with van der Waals surface area (Å²) in [5, 5.41) is 12.0. The van der Waals surface area contributed by atoms with Crippen molar-refractivity contribution in [1.29, 1.82) is 5.26 Å². The van der Waals surface area contributed by atoms with E-state index in [2.05, 4.69) is 12.2 Å². The van der Waals surface area contributed by atoms with Crippen LogP contribution in [0.15, 0.2) is 60.2 Å². The number of amides is 1. The standard InChI is InChI=1S/C21H22N2O2/c1-2-3-7-14-25-20-12-10-17(11-13-20)15-18(16-22)21(24)23-19-8-5-4-6-9-19/h4-6,8-13,15H,2-3,7,14H2,1H3,(H,23,24)/b18-15+. The van der Waals surface area contributed by atoms with Gasteiger partial charge in [-0.1, -0.05) is 50.1 Å². The molecule has 2 aromatic carbocycles. The Kier molecular flexibility index (Phi) is 7.27. The van der Waals surface area contributed by atoms with Gasteiger partial charge in [0.2, 0.25) is 0 Å². The molecular weight excluding hydrogens is 312 g/mol. The van der Waals surface area contributed by atoms with Crippen molar-refractivity contribution in [2.24, 2.45) is 0 Å². The molecule has 0 unspecified atom stereocenters. The molecule has 0 aliphatic heterocycles. The zero-order chi connectivity index (χ0) is 17.9. The number of nitriles is 1. The van der Waals surface area contributed by atoms with Crippen LogP contribution in [-0.4, -0.2) is 12.5 Å². The van der Waals surface area contributed by atoms with Crippen LogP contribution in [0.4, 0.5) is 5.69 Å². The topological polar surface area (TPSA) is 62.1 Å². The molecule has 2 aromatic rings. The van der Waals surface area contributed by atoms with Crippen molar-refractivity contribution in [1.82, 2.24) is 0 Å². The monoisotopic (exact) mass is 334 g/mol. The molecule has 2 rings (SSSR count). The predicted molar refractivity (Wildman–Crippen MR) is 100 cm³/mol. The zero-order valence-electron chi connectivity index (χ0n) is 14.4. The summed E-state index contributed by atoms with van der Waals surface area (Å²) in [6.07, 6.45) is 4.92. The van der Waals surface area contributed by atoms with Gasteiger partial charge < -0.3 is 10.1 Å². The summed E-state index contributed by atoms with van der Waals surface area (Å²) in [5.41, 5.74) is 1.49. The average molecular weight is 334 g/mol. The minimum Gasteiger partial charge on any atom is -0.494 e. The highest BCUT2D eigenvalue weighted by molar-refractivity contribution is 6.09. The summed E-state index contributed by atoms with van der Waals surface area (Å²) in [5.74, 6) is 0.370. The van der Waals surface area contributed by atoms with Crippen LogP contribution in [-0.2, 0) is 4.79 Å². The van der Waals surface area contributed by atoms with Crippen LogP contribution in [0.25, 0.3) is 6.08 Å². The normalized spacial score (nSPS) is 10.8. The third-order valence-electron chi connectivity index (χ3n) is 3.60. The summed E-state index contributed by atoms with van der Waals surface area (Å²) in [6.45, 7) is 2.85. The second-order valence-electron chi connectivity index (χ2n) is 5.61. The number of rotatable bonds is 8. The van der Waals surface area contributed by atoms with E-state index in [9.17, 15) is 10.1 Å². The Morgan fingerprint density at radius 1 is 1.12 bits per heavy atom. The van der Waals surface area contributed by atoms with Gasteiger partial charge in [-0.25, -0.2) is 0 Å². The number of anilines is 1. The van der Waals surface area contributed by atoms with Gasteiger partial charge in [0.1, 0.15) is 17.4 Å². The lowest BCUT2D eigenvalue weighted by Gasteiger charge is -2.06. The quantitative estimate of drug-likeness (QED) is 0.428. The average Bonchev–Trinajstić information content (AvgIpc) is 2.65. The molecule has 0 heterocycles. The Balaban J connectivity index is 1.99. The van der Waals surface area contributed by atoms with Crippen molar-refractivity contribution in [3.05, 3.63) is 65.7 Å². The van der Waals surface area contributed by atoms with Crippen LogP contribution >= 0.6 is 0 Å². The molecule has 0 saturated heterocycles. The van der Waals surface area contributed by atoms with E-state index in [-0.39, 0.29) is 5.57 Å². The molecule has 0 saturated carbocycles. The molecule has 0 bridgehead atoms. The molecule has 0 spiro atoms. The van der Waals surface area contributed by atoms with Crippen molar-refractivity contribution in [3.8, 4) is 11.8 Å². The fraction of sp³-hybridized carbons (Fsp3) is 0.238. The maximum Gasteiger partial charge on any atom is 0.266 e.